The lowest BCUT2D eigenvalue weighted by Gasteiger charge is -2.24. The Labute approximate surface area is 245 Å². The van der Waals surface area contributed by atoms with E-state index in [0.717, 1.165) is 62.8 Å². The van der Waals surface area contributed by atoms with Crippen LogP contribution in [0, 0.1) is 28.4 Å². The fourth-order valence-electron chi connectivity index (χ4n) is 5.81. The number of nitriles is 1. The van der Waals surface area contributed by atoms with E-state index in [4.69, 9.17) is 26.8 Å². The number of nitrogen functional groups attached to an aromatic ring is 1. The van der Waals surface area contributed by atoms with E-state index >= 15 is 4.39 Å². The molecule has 4 aromatic rings. The van der Waals surface area contributed by atoms with Crippen molar-refractivity contribution < 1.29 is 18.3 Å². The number of nitrogens with two attached hydrogens (primary N) is 1. The molecule has 7 nitrogen and oxygen atoms in total. The Morgan fingerprint density at radius 3 is 2.63 bits per heavy atom. The first-order chi connectivity index (χ1) is 19.7. The third-order valence-corrected chi connectivity index (χ3v) is 9.30. The lowest BCUT2D eigenvalue weighted by Crippen LogP contribution is -2.28. The molecule has 2 heterocycles. The predicted molar refractivity (Wildman–Crippen MR) is 158 cm³/mol. The highest BCUT2D eigenvalue weighted by Crippen LogP contribution is 2.47. The number of hydrogen-bond donors (Lipinski definition) is 1. The molecule has 214 valence electrons. The Morgan fingerprint density at radius 1 is 1.20 bits per heavy atom. The van der Waals surface area contributed by atoms with Gasteiger partial charge in [0.2, 0.25) is 5.88 Å². The predicted octanol–water partition coefficient (Wildman–Crippen LogP) is 7.33. The van der Waals surface area contributed by atoms with Gasteiger partial charge in [-0.2, -0.15) is 15.2 Å². The molecule has 2 fully saturated rings. The Hall–Kier alpha value is -3.26. The third kappa shape index (κ3) is 5.27. The molecule has 2 aromatic carbocycles. The highest BCUT2D eigenvalue weighted by molar-refractivity contribution is 7.23. The zero-order valence-electron chi connectivity index (χ0n) is 22.9. The van der Waals surface area contributed by atoms with Crippen molar-refractivity contribution >= 4 is 48.9 Å². The summed E-state index contributed by atoms with van der Waals surface area (Å²) in [5.41, 5.74) is 6.36. The van der Waals surface area contributed by atoms with Gasteiger partial charge in [-0.05, 0) is 70.3 Å². The summed E-state index contributed by atoms with van der Waals surface area (Å²) in [5.74, 6) is -1.06. The Bertz CT molecular complexity index is 1690. The summed E-state index contributed by atoms with van der Waals surface area (Å²) in [6.45, 7) is 1.27. The molecule has 2 N–H and O–H groups in total. The first-order valence-corrected chi connectivity index (χ1v) is 14.9. The van der Waals surface area contributed by atoms with Crippen LogP contribution in [0.4, 0.5) is 13.8 Å². The number of anilines is 1. The molecule has 2 saturated carbocycles. The van der Waals surface area contributed by atoms with Crippen molar-refractivity contribution in [2.45, 2.75) is 51.0 Å². The van der Waals surface area contributed by atoms with Crippen molar-refractivity contribution in [3.8, 4) is 29.1 Å². The van der Waals surface area contributed by atoms with Crippen LogP contribution in [0.1, 0.15) is 50.5 Å². The van der Waals surface area contributed by atoms with Gasteiger partial charge >= 0.3 is 6.01 Å². The molecule has 0 saturated heterocycles. The minimum absolute atomic E-state index is 0.00185. The number of halogens is 3. The van der Waals surface area contributed by atoms with Gasteiger partial charge < -0.3 is 20.1 Å². The summed E-state index contributed by atoms with van der Waals surface area (Å²) < 4.78 is 43.9. The molecular formula is C30H30ClF2N5O2S. The molecule has 0 amide bonds. The van der Waals surface area contributed by atoms with E-state index in [-0.39, 0.29) is 65.7 Å². The molecule has 41 heavy (non-hydrogen) atoms. The fraction of sp³-hybridized carbons (Fsp3) is 0.433. The van der Waals surface area contributed by atoms with Crippen LogP contribution in [-0.2, 0) is 0 Å². The lowest BCUT2D eigenvalue weighted by molar-refractivity contribution is 0.145. The summed E-state index contributed by atoms with van der Waals surface area (Å²) in [6.07, 6.45) is 7.03. The molecule has 2 aliphatic carbocycles. The fourth-order valence-corrected chi connectivity index (χ4v) is 7.06. The van der Waals surface area contributed by atoms with Crippen LogP contribution >= 0.6 is 22.9 Å². The quantitative estimate of drug-likeness (QED) is 0.227. The van der Waals surface area contributed by atoms with Gasteiger partial charge in [-0.3, -0.25) is 0 Å². The van der Waals surface area contributed by atoms with Crippen LogP contribution in [0.15, 0.2) is 18.2 Å². The topological polar surface area (TPSA) is 97.3 Å². The normalized spacial score (nSPS) is 16.8. The maximum Gasteiger partial charge on any atom is 0.320 e. The molecule has 0 aliphatic heterocycles. The molecule has 0 radical (unpaired) electrons. The van der Waals surface area contributed by atoms with Crippen molar-refractivity contribution in [3.05, 3.63) is 40.4 Å². The molecule has 2 aliphatic rings. The highest BCUT2D eigenvalue weighted by Gasteiger charge is 2.44. The maximum absolute atomic E-state index is 16.6. The molecule has 0 spiro atoms. The van der Waals surface area contributed by atoms with Gasteiger partial charge in [0, 0.05) is 22.9 Å². The van der Waals surface area contributed by atoms with Crippen molar-refractivity contribution in [2.75, 3.05) is 33.0 Å². The highest BCUT2D eigenvalue weighted by atomic mass is 35.5. The standard InChI is InChI=1S/C30H30ClF2N5O2S/c1-38(2)14-30(10-11-30)15-39-29-36-25-18(28(37-29)40-16-6-4-3-5-7-16)12-20(31)23(24(25)33)17-8-9-21(32)26-22(17)19(13-34)27(35)41-26/h8-9,12,16H,3-7,10-11,14-15,35H2,1-2H3. The van der Waals surface area contributed by atoms with Gasteiger partial charge in [0.05, 0.1) is 27.3 Å². The van der Waals surface area contributed by atoms with Crippen molar-refractivity contribution in [1.82, 2.24) is 14.9 Å². The Morgan fingerprint density at radius 2 is 1.95 bits per heavy atom. The number of aromatic nitrogens is 2. The summed E-state index contributed by atoms with van der Waals surface area (Å²) in [7, 11) is 4.04. The molecule has 6 rings (SSSR count). The van der Waals surface area contributed by atoms with Gasteiger partial charge in [0.15, 0.2) is 5.82 Å². The average molecular weight is 598 g/mol. The second-order valence-corrected chi connectivity index (χ2v) is 12.9. The first-order valence-electron chi connectivity index (χ1n) is 13.7. The van der Waals surface area contributed by atoms with Gasteiger partial charge in [-0.1, -0.05) is 24.1 Å². The lowest BCUT2D eigenvalue weighted by atomic mass is 9.97. The summed E-state index contributed by atoms with van der Waals surface area (Å²) in [4.78, 5) is 11.2. The van der Waals surface area contributed by atoms with Crippen molar-refractivity contribution in [1.29, 1.82) is 5.26 Å². The number of benzene rings is 2. The van der Waals surface area contributed by atoms with E-state index in [9.17, 15) is 9.65 Å². The molecule has 11 heteroatoms. The van der Waals surface area contributed by atoms with E-state index < -0.39 is 11.6 Å². The second-order valence-electron chi connectivity index (χ2n) is 11.4. The first kappa shape index (κ1) is 27.9. The van der Waals surface area contributed by atoms with Crippen LogP contribution in [0.5, 0.6) is 11.9 Å². The van der Waals surface area contributed by atoms with Crippen LogP contribution in [0.2, 0.25) is 5.02 Å². The molecule has 0 unspecified atom stereocenters. The van der Waals surface area contributed by atoms with Crippen LogP contribution in [0.25, 0.3) is 32.1 Å². The van der Waals surface area contributed by atoms with Crippen molar-refractivity contribution in [3.63, 3.8) is 0 Å². The molecule has 0 bridgehead atoms. The number of ether oxygens (including phenoxy) is 2. The van der Waals surface area contributed by atoms with Gasteiger partial charge in [0.25, 0.3) is 0 Å². The SMILES string of the molecule is CN(C)CC1(COc2nc(OC3CCCCC3)c3cc(Cl)c(-c4ccc(F)c5sc(N)c(C#N)c45)c(F)c3n2)CC1. The Balaban J connectivity index is 1.50. The minimum atomic E-state index is -0.732. The van der Waals surface area contributed by atoms with Gasteiger partial charge in [-0.25, -0.2) is 8.78 Å². The third-order valence-electron chi connectivity index (χ3n) is 7.97. The van der Waals surface area contributed by atoms with E-state index in [0.29, 0.717) is 12.0 Å². The minimum Gasteiger partial charge on any atom is -0.474 e. The maximum atomic E-state index is 16.6. The zero-order valence-corrected chi connectivity index (χ0v) is 24.5. The summed E-state index contributed by atoms with van der Waals surface area (Å²) >= 11 is 7.67. The summed E-state index contributed by atoms with van der Waals surface area (Å²) in [6, 6.07) is 6.27. The molecule has 0 atom stereocenters. The smallest absolute Gasteiger partial charge is 0.320 e. The largest absolute Gasteiger partial charge is 0.474 e. The average Bonchev–Trinajstić information content (AvgIpc) is 3.61. The number of fused-ring (bicyclic) bond motifs is 2. The van der Waals surface area contributed by atoms with Crippen molar-refractivity contribution in [2.24, 2.45) is 5.41 Å². The van der Waals surface area contributed by atoms with Gasteiger partial charge in [-0.15, -0.1) is 11.3 Å². The Kier molecular flexibility index (Phi) is 7.39. The van der Waals surface area contributed by atoms with E-state index in [1.165, 1.54) is 12.1 Å². The number of thiophene rings is 1. The molecule has 2 aromatic heterocycles. The number of nitrogens with zero attached hydrogens (tertiary/aromatic N) is 4. The second kappa shape index (κ2) is 10.9. The number of hydrogen-bond acceptors (Lipinski definition) is 8. The van der Waals surface area contributed by atoms with Crippen LogP contribution in [0.3, 0.4) is 0 Å². The van der Waals surface area contributed by atoms with Gasteiger partial charge in [0.1, 0.15) is 28.5 Å². The van der Waals surface area contributed by atoms with Crippen LogP contribution in [-0.4, -0.2) is 48.2 Å². The zero-order chi connectivity index (χ0) is 28.9. The molecular weight excluding hydrogens is 568 g/mol. The number of rotatable bonds is 8. The van der Waals surface area contributed by atoms with E-state index in [1.54, 1.807) is 6.07 Å². The van der Waals surface area contributed by atoms with Crippen LogP contribution < -0.4 is 15.2 Å². The summed E-state index contributed by atoms with van der Waals surface area (Å²) in [5, 5.41) is 10.5. The van der Waals surface area contributed by atoms with E-state index in [1.807, 2.05) is 20.2 Å². The van der Waals surface area contributed by atoms with E-state index in [2.05, 4.69) is 14.9 Å². The monoisotopic (exact) mass is 597 g/mol.